The van der Waals surface area contributed by atoms with Crippen LogP contribution in [0, 0.1) is 11.3 Å². The lowest BCUT2D eigenvalue weighted by Crippen LogP contribution is -2.52. The quantitative estimate of drug-likeness (QED) is 0.492. The Balaban J connectivity index is 1.33. The van der Waals surface area contributed by atoms with E-state index in [1.54, 1.807) is 0 Å². The average Bonchev–Trinajstić information content (AvgIpc) is 3.36. The number of likely N-dealkylation sites (tertiary alicyclic amines) is 1. The van der Waals surface area contributed by atoms with Gasteiger partial charge in [0, 0.05) is 61.3 Å². The molecule has 7 nitrogen and oxygen atoms in total. The molecule has 4 heterocycles. The van der Waals surface area contributed by atoms with Crippen LogP contribution in [0.5, 0.6) is 0 Å². The highest BCUT2D eigenvalue weighted by atomic mass is 15.3. The average molecular weight is 510 g/mol. The van der Waals surface area contributed by atoms with Crippen molar-refractivity contribution >= 4 is 22.3 Å². The SMILES string of the molecule is CN1CCCC1CCc1nc2c(c(N3CCN(C)C(CC#N)C3)n1)CCN(c1cccc3ccccc13)C2. The van der Waals surface area contributed by atoms with E-state index in [-0.39, 0.29) is 6.04 Å². The highest BCUT2D eigenvalue weighted by molar-refractivity contribution is 5.94. The molecule has 6 rings (SSSR count). The second kappa shape index (κ2) is 10.9. The largest absolute Gasteiger partial charge is 0.365 e. The topological polar surface area (TPSA) is 62.5 Å². The Labute approximate surface area is 226 Å². The van der Waals surface area contributed by atoms with E-state index in [4.69, 9.17) is 9.97 Å². The second-order valence-electron chi connectivity index (χ2n) is 11.3. The van der Waals surface area contributed by atoms with Crippen LogP contribution in [0.4, 0.5) is 11.5 Å². The molecule has 0 aliphatic carbocycles. The van der Waals surface area contributed by atoms with Crippen molar-refractivity contribution in [2.45, 2.75) is 57.2 Å². The molecule has 198 valence electrons. The van der Waals surface area contributed by atoms with Crippen molar-refractivity contribution in [1.29, 1.82) is 5.26 Å². The van der Waals surface area contributed by atoms with Crippen molar-refractivity contribution in [2.24, 2.45) is 0 Å². The van der Waals surface area contributed by atoms with E-state index in [1.165, 1.54) is 47.1 Å². The van der Waals surface area contributed by atoms with Crippen LogP contribution in [0.1, 0.15) is 42.8 Å². The van der Waals surface area contributed by atoms with Gasteiger partial charge in [-0.05, 0) is 57.8 Å². The number of hydrogen-bond donors (Lipinski definition) is 0. The maximum atomic E-state index is 9.41. The summed E-state index contributed by atoms with van der Waals surface area (Å²) in [6, 6.07) is 18.6. The van der Waals surface area contributed by atoms with Crippen LogP contribution in [-0.2, 0) is 19.4 Å². The van der Waals surface area contributed by atoms with Gasteiger partial charge in [0.25, 0.3) is 0 Å². The van der Waals surface area contributed by atoms with Crippen molar-refractivity contribution < 1.29 is 0 Å². The predicted octanol–water partition coefficient (Wildman–Crippen LogP) is 4.25. The maximum absolute atomic E-state index is 9.41. The van der Waals surface area contributed by atoms with Gasteiger partial charge in [-0.25, -0.2) is 9.97 Å². The molecule has 0 bridgehead atoms. The van der Waals surface area contributed by atoms with Gasteiger partial charge in [0.15, 0.2) is 0 Å². The number of aromatic nitrogens is 2. The maximum Gasteiger partial charge on any atom is 0.136 e. The first kappa shape index (κ1) is 25.1. The van der Waals surface area contributed by atoms with Crippen LogP contribution < -0.4 is 9.80 Å². The fourth-order valence-corrected chi connectivity index (χ4v) is 6.63. The molecule has 3 aliphatic heterocycles. The van der Waals surface area contributed by atoms with Gasteiger partial charge in [0.1, 0.15) is 11.6 Å². The van der Waals surface area contributed by atoms with Crippen LogP contribution in [0.25, 0.3) is 10.8 Å². The van der Waals surface area contributed by atoms with Gasteiger partial charge in [-0.1, -0.05) is 36.4 Å². The molecule has 2 aromatic carbocycles. The molecule has 0 radical (unpaired) electrons. The molecule has 0 spiro atoms. The molecule has 7 heteroatoms. The first-order chi connectivity index (χ1) is 18.6. The molecular formula is C31H39N7. The Hall–Kier alpha value is -3.21. The minimum atomic E-state index is 0.241. The van der Waals surface area contributed by atoms with E-state index < -0.39 is 0 Å². The molecule has 2 unspecified atom stereocenters. The second-order valence-corrected chi connectivity index (χ2v) is 11.3. The van der Waals surface area contributed by atoms with Gasteiger partial charge in [0.05, 0.1) is 24.7 Å². The third-order valence-corrected chi connectivity index (χ3v) is 8.97. The number of piperazine rings is 1. The van der Waals surface area contributed by atoms with Crippen molar-refractivity contribution in [2.75, 3.05) is 56.6 Å². The molecule has 0 amide bonds. The number of nitriles is 1. The summed E-state index contributed by atoms with van der Waals surface area (Å²) in [4.78, 5) is 20.2. The summed E-state index contributed by atoms with van der Waals surface area (Å²) >= 11 is 0. The Morgan fingerprint density at radius 3 is 2.61 bits per heavy atom. The Bertz CT molecular complexity index is 1330. The van der Waals surface area contributed by atoms with E-state index in [1.807, 2.05) is 0 Å². The summed E-state index contributed by atoms with van der Waals surface area (Å²) in [5.41, 5.74) is 3.78. The molecule has 0 N–H and O–H groups in total. The van der Waals surface area contributed by atoms with E-state index in [2.05, 4.69) is 82.2 Å². The zero-order valence-electron chi connectivity index (χ0n) is 22.8. The van der Waals surface area contributed by atoms with E-state index >= 15 is 0 Å². The van der Waals surface area contributed by atoms with E-state index in [9.17, 15) is 5.26 Å². The van der Waals surface area contributed by atoms with Gasteiger partial charge < -0.3 is 14.7 Å². The summed E-state index contributed by atoms with van der Waals surface area (Å²) in [6.45, 7) is 5.71. The molecule has 2 saturated heterocycles. The molecule has 3 aliphatic rings. The van der Waals surface area contributed by atoms with Gasteiger partial charge >= 0.3 is 0 Å². The molecular weight excluding hydrogens is 470 g/mol. The van der Waals surface area contributed by atoms with Gasteiger partial charge in [0.2, 0.25) is 0 Å². The van der Waals surface area contributed by atoms with Gasteiger partial charge in [-0.15, -0.1) is 0 Å². The van der Waals surface area contributed by atoms with Crippen LogP contribution >= 0.6 is 0 Å². The molecule has 0 saturated carbocycles. The highest BCUT2D eigenvalue weighted by Crippen LogP contribution is 2.34. The summed E-state index contributed by atoms with van der Waals surface area (Å²) < 4.78 is 0. The lowest BCUT2D eigenvalue weighted by Gasteiger charge is -2.41. The first-order valence-electron chi connectivity index (χ1n) is 14.2. The normalized spacial score (nSPS) is 22.6. The zero-order chi connectivity index (χ0) is 26.1. The number of nitrogens with zero attached hydrogens (tertiary/aromatic N) is 7. The van der Waals surface area contributed by atoms with Crippen molar-refractivity contribution in [3.63, 3.8) is 0 Å². The molecule has 2 fully saturated rings. The van der Waals surface area contributed by atoms with Crippen molar-refractivity contribution in [3.05, 3.63) is 59.5 Å². The van der Waals surface area contributed by atoms with Crippen molar-refractivity contribution in [1.82, 2.24) is 19.8 Å². The van der Waals surface area contributed by atoms with Crippen LogP contribution in [0.15, 0.2) is 42.5 Å². The molecule has 3 aromatic rings. The summed E-state index contributed by atoms with van der Waals surface area (Å²) in [5.74, 6) is 2.10. The van der Waals surface area contributed by atoms with Crippen molar-refractivity contribution in [3.8, 4) is 6.07 Å². The summed E-state index contributed by atoms with van der Waals surface area (Å²) in [7, 11) is 4.39. The smallest absolute Gasteiger partial charge is 0.136 e. The van der Waals surface area contributed by atoms with Crippen LogP contribution in [0.3, 0.4) is 0 Å². The number of likely N-dealkylation sites (N-methyl/N-ethyl adjacent to an activating group) is 1. The number of rotatable bonds is 6. The van der Waals surface area contributed by atoms with Crippen LogP contribution in [0.2, 0.25) is 0 Å². The number of hydrogen-bond acceptors (Lipinski definition) is 7. The Kier molecular flexibility index (Phi) is 7.18. The molecule has 2 atom stereocenters. The van der Waals surface area contributed by atoms with Crippen LogP contribution in [-0.4, -0.2) is 78.7 Å². The van der Waals surface area contributed by atoms with Gasteiger partial charge in [-0.2, -0.15) is 5.26 Å². The van der Waals surface area contributed by atoms with E-state index in [0.29, 0.717) is 12.5 Å². The number of fused-ring (bicyclic) bond motifs is 2. The fraction of sp³-hybridized carbons (Fsp3) is 0.516. The number of benzene rings is 2. The summed E-state index contributed by atoms with van der Waals surface area (Å²) in [5, 5.41) is 12.0. The monoisotopic (exact) mass is 509 g/mol. The lowest BCUT2D eigenvalue weighted by molar-refractivity contribution is 0.220. The fourth-order valence-electron chi connectivity index (χ4n) is 6.63. The standard InChI is InChI=1S/C31H39N7/c1-35-17-6-9-24(35)12-13-30-33-28-22-37(29-11-5-8-23-7-3-4-10-26(23)29)18-15-27(28)31(34-30)38-20-19-36(2)25(21-38)14-16-32/h3-5,7-8,10-11,24-25H,6,9,12-15,17-22H2,1-2H3. The zero-order valence-corrected chi connectivity index (χ0v) is 22.8. The molecule has 38 heavy (non-hydrogen) atoms. The minimum Gasteiger partial charge on any atom is -0.365 e. The Morgan fingerprint density at radius 1 is 0.921 bits per heavy atom. The summed E-state index contributed by atoms with van der Waals surface area (Å²) in [6.07, 6.45) is 6.09. The number of anilines is 2. The van der Waals surface area contributed by atoms with Gasteiger partial charge in [-0.3, -0.25) is 4.90 Å². The van der Waals surface area contributed by atoms with E-state index in [0.717, 1.165) is 63.6 Å². The predicted molar refractivity (Wildman–Crippen MR) is 154 cm³/mol. The first-order valence-corrected chi connectivity index (χ1v) is 14.2. The minimum absolute atomic E-state index is 0.241. The third-order valence-electron chi connectivity index (χ3n) is 8.97. The lowest BCUT2D eigenvalue weighted by atomic mass is 10.0. The molecule has 1 aromatic heterocycles. The Morgan fingerprint density at radius 2 is 1.76 bits per heavy atom. The highest BCUT2D eigenvalue weighted by Gasteiger charge is 2.31. The third kappa shape index (κ3) is 4.95. The number of aryl methyl sites for hydroxylation is 1.